The molecule has 2 bridgehead atoms. The number of carbonyl (C=O) groups is 1. The summed E-state index contributed by atoms with van der Waals surface area (Å²) in [7, 11) is 0. The van der Waals surface area contributed by atoms with Crippen molar-refractivity contribution in [2.24, 2.45) is 28.1 Å². The van der Waals surface area contributed by atoms with E-state index in [1.165, 1.54) is 25.7 Å². The van der Waals surface area contributed by atoms with E-state index in [0.29, 0.717) is 17.9 Å². The molecule has 0 saturated heterocycles. The average Bonchev–Trinajstić information content (AvgIpc) is 2.71. The molecular formula is C32H58O4. The average molecular weight is 507 g/mol. The fourth-order valence-electron chi connectivity index (χ4n) is 7.89. The van der Waals surface area contributed by atoms with Crippen molar-refractivity contribution in [2.75, 3.05) is 0 Å². The van der Waals surface area contributed by atoms with Crippen LogP contribution < -0.4 is 0 Å². The van der Waals surface area contributed by atoms with Gasteiger partial charge in [-0.05, 0) is 87.9 Å². The molecule has 0 aromatic heterocycles. The highest BCUT2D eigenvalue weighted by molar-refractivity contribution is 5.78. The van der Waals surface area contributed by atoms with Crippen LogP contribution in [0.2, 0.25) is 0 Å². The first-order chi connectivity index (χ1) is 16.5. The Morgan fingerprint density at radius 2 is 1.61 bits per heavy atom. The lowest BCUT2D eigenvalue weighted by molar-refractivity contribution is -0.265. The molecule has 3 saturated carbocycles. The van der Waals surface area contributed by atoms with Crippen LogP contribution in [0.15, 0.2) is 0 Å². The highest BCUT2D eigenvalue weighted by Crippen LogP contribution is 2.55. The topological polar surface area (TPSA) is 44.8 Å². The number of fused-ring (bicyclic) bond motifs is 2. The standard InChI is InChI=1S/C32H58O4/c1-11-31(35-24(3)34-26-15-13-12-14-16-26)19-25-17-23(2)18-32(20-25,22-31)36-27(33)30(10,29(7,8)9)21-28(4,5)6/h23-26H,11-22H2,1-10H3. The van der Waals surface area contributed by atoms with Crippen LogP contribution in [0, 0.1) is 28.1 Å². The molecular weight excluding hydrogens is 448 g/mol. The Balaban J connectivity index is 1.83. The van der Waals surface area contributed by atoms with Crippen molar-refractivity contribution in [1.29, 1.82) is 0 Å². The largest absolute Gasteiger partial charge is 0.459 e. The van der Waals surface area contributed by atoms with Gasteiger partial charge in [-0.1, -0.05) is 74.7 Å². The second-order valence-corrected chi connectivity index (χ2v) is 15.5. The molecule has 0 N–H and O–H groups in total. The number of ether oxygens (including phenoxy) is 3. The van der Waals surface area contributed by atoms with Crippen molar-refractivity contribution in [3.8, 4) is 0 Å². The number of carbonyl (C=O) groups excluding carboxylic acids is 1. The van der Waals surface area contributed by atoms with E-state index >= 15 is 0 Å². The van der Waals surface area contributed by atoms with Crippen molar-refractivity contribution in [3.05, 3.63) is 0 Å². The van der Waals surface area contributed by atoms with Crippen LogP contribution in [-0.2, 0) is 19.0 Å². The fraction of sp³-hybridized carbons (Fsp3) is 0.969. The molecule has 210 valence electrons. The molecule has 3 aliphatic carbocycles. The van der Waals surface area contributed by atoms with Gasteiger partial charge in [0.25, 0.3) is 0 Å². The SMILES string of the molecule is CCC1(OC(C)OC2CCCCC2)CC2CC(C)CC(OC(=O)C(C)(CC(C)(C)C)C(C)(C)C)(C2)C1. The summed E-state index contributed by atoms with van der Waals surface area (Å²) in [5, 5.41) is 0. The summed E-state index contributed by atoms with van der Waals surface area (Å²) in [5.41, 5.74) is -1.44. The monoisotopic (exact) mass is 506 g/mol. The van der Waals surface area contributed by atoms with Crippen LogP contribution >= 0.6 is 0 Å². The van der Waals surface area contributed by atoms with E-state index < -0.39 is 11.0 Å². The molecule has 4 heteroatoms. The molecule has 6 atom stereocenters. The zero-order valence-electron chi connectivity index (χ0n) is 25.4. The third-order valence-corrected chi connectivity index (χ3v) is 9.72. The van der Waals surface area contributed by atoms with Crippen LogP contribution in [0.25, 0.3) is 0 Å². The highest BCUT2D eigenvalue weighted by Gasteiger charge is 2.57. The minimum Gasteiger partial charge on any atom is -0.459 e. The predicted octanol–water partition coefficient (Wildman–Crippen LogP) is 8.85. The normalized spacial score (nSPS) is 34.6. The predicted molar refractivity (Wildman–Crippen MR) is 148 cm³/mol. The minimum absolute atomic E-state index is 0.0174. The summed E-state index contributed by atoms with van der Waals surface area (Å²) >= 11 is 0. The van der Waals surface area contributed by atoms with Crippen molar-refractivity contribution in [2.45, 2.75) is 170 Å². The minimum atomic E-state index is -0.555. The number of hydrogen-bond acceptors (Lipinski definition) is 4. The Kier molecular flexibility index (Phi) is 9.04. The summed E-state index contributed by atoms with van der Waals surface area (Å²) in [6.07, 6.45) is 12.9. The van der Waals surface area contributed by atoms with Gasteiger partial charge >= 0.3 is 5.97 Å². The highest BCUT2D eigenvalue weighted by atomic mass is 16.7. The van der Waals surface area contributed by atoms with Gasteiger partial charge in [-0.25, -0.2) is 0 Å². The van der Waals surface area contributed by atoms with Crippen molar-refractivity contribution in [3.63, 3.8) is 0 Å². The van der Waals surface area contributed by atoms with E-state index in [0.717, 1.165) is 51.4 Å². The first kappa shape index (κ1) is 29.9. The van der Waals surface area contributed by atoms with E-state index in [1.54, 1.807) is 0 Å². The molecule has 3 rings (SSSR count). The van der Waals surface area contributed by atoms with Gasteiger partial charge in [0.15, 0.2) is 6.29 Å². The Hall–Kier alpha value is -0.610. The van der Waals surface area contributed by atoms with Crippen LogP contribution in [0.5, 0.6) is 0 Å². The molecule has 6 unspecified atom stereocenters. The molecule has 0 aromatic carbocycles. The first-order valence-corrected chi connectivity index (χ1v) is 15.1. The van der Waals surface area contributed by atoms with Crippen LogP contribution in [0.4, 0.5) is 0 Å². The zero-order valence-corrected chi connectivity index (χ0v) is 25.4. The quantitative estimate of drug-likeness (QED) is 0.244. The first-order valence-electron chi connectivity index (χ1n) is 15.1. The van der Waals surface area contributed by atoms with Gasteiger partial charge in [0.05, 0.1) is 17.1 Å². The fourth-order valence-corrected chi connectivity index (χ4v) is 7.89. The van der Waals surface area contributed by atoms with Crippen molar-refractivity contribution in [1.82, 2.24) is 0 Å². The maximum Gasteiger partial charge on any atom is 0.312 e. The summed E-state index contributed by atoms with van der Waals surface area (Å²) in [6.45, 7) is 22.0. The van der Waals surface area contributed by atoms with Gasteiger partial charge in [0, 0.05) is 6.42 Å². The lowest BCUT2D eigenvalue weighted by Gasteiger charge is -2.56. The van der Waals surface area contributed by atoms with Gasteiger partial charge in [-0.15, -0.1) is 0 Å². The zero-order chi connectivity index (χ0) is 27.0. The summed E-state index contributed by atoms with van der Waals surface area (Å²) in [5.74, 6) is 1.07. The molecule has 0 aromatic rings. The molecule has 0 radical (unpaired) electrons. The van der Waals surface area contributed by atoms with Crippen LogP contribution in [0.1, 0.15) is 146 Å². The molecule has 3 fully saturated rings. The smallest absolute Gasteiger partial charge is 0.312 e. The van der Waals surface area contributed by atoms with Crippen LogP contribution in [0.3, 0.4) is 0 Å². The number of esters is 1. The van der Waals surface area contributed by atoms with Gasteiger partial charge in [-0.2, -0.15) is 0 Å². The lowest BCUT2D eigenvalue weighted by Crippen LogP contribution is -2.58. The molecule has 36 heavy (non-hydrogen) atoms. The third-order valence-electron chi connectivity index (χ3n) is 9.72. The van der Waals surface area contributed by atoms with Crippen molar-refractivity contribution < 1.29 is 19.0 Å². The summed E-state index contributed by atoms with van der Waals surface area (Å²) in [4.78, 5) is 14.2. The third kappa shape index (κ3) is 7.07. The summed E-state index contributed by atoms with van der Waals surface area (Å²) < 4.78 is 20.0. The maximum atomic E-state index is 14.2. The van der Waals surface area contributed by atoms with Gasteiger partial charge in [-0.3, -0.25) is 4.79 Å². The molecule has 0 spiro atoms. The van der Waals surface area contributed by atoms with E-state index in [9.17, 15) is 4.79 Å². The Bertz CT molecular complexity index is 738. The van der Waals surface area contributed by atoms with Gasteiger partial charge in [0.1, 0.15) is 5.60 Å². The maximum absolute atomic E-state index is 14.2. The Labute approximate surface area is 223 Å². The number of hydrogen-bond donors (Lipinski definition) is 0. The summed E-state index contributed by atoms with van der Waals surface area (Å²) in [6, 6.07) is 0. The molecule has 0 heterocycles. The molecule has 0 amide bonds. The van der Waals surface area contributed by atoms with E-state index in [4.69, 9.17) is 14.2 Å². The van der Waals surface area contributed by atoms with Gasteiger partial charge < -0.3 is 14.2 Å². The molecule has 3 aliphatic rings. The lowest BCUT2D eigenvalue weighted by atomic mass is 9.59. The molecule has 0 aliphatic heterocycles. The van der Waals surface area contributed by atoms with Gasteiger partial charge in [0.2, 0.25) is 0 Å². The second-order valence-electron chi connectivity index (χ2n) is 15.5. The van der Waals surface area contributed by atoms with Crippen molar-refractivity contribution >= 4 is 5.97 Å². The molecule has 4 nitrogen and oxygen atoms in total. The van der Waals surface area contributed by atoms with Crippen LogP contribution in [-0.4, -0.2) is 29.6 Å². The van der Waals surface area contributed by atoms with E-state index in [-0.39, 0.29) is 28.7 Å². The van der Waals surface area contributed by atoms with E-state index in [1.807, 2.05) is 0 Å². The number of rotatable bonds is 8. The Morgan fingerprint density at radius 3 is 2.17 bits per heavy atom. The van der Waals surface area contributed by atoms with E-state index in [2.05, 4.69) is 69.2 Å². The second kappa shape index (κ2) is 10.9. The Morgan fingerprint density at radius 1 is 0.972 bits per heavy atom.